The van der Waals surface area contributed by atoms with Gasteiger partial charge in [-0.2, -0.15) is 0 Å². The normalized spacial score (nSPS) is 13.6. The summed E-state index contributed by atoms with van der Waals surface area (Å²) in [6, 6.07) is 14.4. The third-order valence-corrected chi connectivity index (χ3v) is 4.73. The lowest BCUT2D eigenvalue weighted by Gasteiger charge is -2.28. The number of oxazole rings is 1. The minimum Gasteiger partial charge on any atom is -0.441 e. The number of hydrogen-bond acceptors (Lipinski definition) is 3. The van der Waals surface area contributed by atoms with E-state index in [2.05, 4.69) is 23.2 Å². The van der Waals surface area contributed by atoms with E-state index in [9.17, 15) is 4.79 Å². The Morgan fingerprint density at radius 1 is 1.08 bits per heavy atom. The molecule has 0 N–H and O–H groups in total. The molecule has 4 rings (SSSR count). The van der Waals surface area contributed by atoms with Gasteiger partial charge in [0.05, 0.1) is 12.7 Å². The number of hydrogen-bond donors (Lipinski definition) is 0. The van der Waals surface area contributed by atoms with Gasteiger partial charge in [0.1, 0.15) is 5.76 Å². The highest BCUT2D eigenvalue weighted by Crippen LogP contribution is 2.30. The summed E-state index contributed by atoms with van der Waals surface area (Å²) < 4.78 is 5.66. The highest BCUT2D eigenvalue weighted by atomic mass is 16.4. The Labute approximate surface area is 147 Å². The number of amides is 1. The number of carbonyl (C=O) groups is 1. The highest BCUT2D eigenvalue weighted by molar-refractivity contribution is 5.92. The molecule has 0 fully saturated rings. The molecule has 1 aromatic heterocycles. The third kappa shape index (κ3) is 2.95. The summed E-state index contributed by atoms with van der Waals surface area (Å²) in [7, 11) is 0. The molecule has 1 aliphatic rings. The van der Waals surface area contributed by atoms with E-state index in [0.29, 0.717) is 12.4 Å². The topological polar surface area (TPSA) is 46.3 Å². The van der Waals surface area contributed by atoms with Gasteiger partial charge < -0.3 is 9.32 Å². The van der Waals surface area contributed by atoms with Gasteiger partial charge in [-0.25, -0.2) is 4.98 Å². The van der Waals surface area contributed by atoms with Crippen molar-refractivity contribution in [2.75, 3.05) is 4.90 Å². The maximum atomic E-state index is 12.2. The molecule has 3 aromatic rings. The summed E-state index contributed by atoms with van der Waals surface area (Å²) in [5.41, 5.74) is 5.63. The molecule has 0 bridgehead atoms. The molecular formula is C21H20N2O2. The number of carbonyl (C=O) groups excluding carboxylic acids is 1. The SMILES string of the molecule is CC(=O)N1Cc2ccc(-c3ncc(C)o3)cc2CCc2ccccc21. The fraction of sp³-hybridized carbons (Fsp3) is 0.238. The predicted molar refractivity (Wildman–Crippen MR) is 97.4 cm³/mol. The molecule has 0 saturated carbocycles. The average molecular weight is 332 g/mol. The Balaban J connectivity index is 1.76. The first kappa shape index (κ1) is 15.6. The standard InChI is InChI=1S/C21H20N2O2/c1-14-12-22-21(25-14)18-9-10-19-13-23(15(2)24)20-6-4-3-5-16(20)7-8-17(19)11-18/h3-6,9-12H,7-8,13H2,1-2H3. The summed E-state index contributed by atoms with van der Waals surface area (Å²) in [4.78, 5) is 18.4. The molecule has 0 aliphatic carbocycles. The van der Waals surface area contributed by atoms with Crippen LogP contribution >= 0.6 is 0 Å². The summed E-state index contributed by atoms with van der Waals surface area (Å²) in [6.45, 7) is 4.11. The Morgan fingerprint density at radius 3 is 2.64 bits per heavy atom. The van der Waals surface area contributed by atoms with Gasteiger partial charge in [0.2, 0.25) is 11.8 Å². The van der Waals surface area contributed by atoms with Crippen LogP contribution in [-0.2, 0) is 24.2 Å². The van der Waals surface area contributed by atoms with Gasteiger partial charge in [-0.15, -0.1) is 0 Å². The first-order chi connectivity index (χ1) is 12.1. The van der Waals surface area contributed by atoms with Crippen molar-refractivity contribution >= 4 is 11.6 Å². The van der Waals surface area contributed by atoms with Crippen molar-refractivity contribution < 1.29 is 9.21 Å². The van der Waals surface area contributed by atoms with Gasteiger partial charge >= 0.3 is 0 Å². The van der Waals surface area contributed by atoms with Gasteiger partial charge in [-0.3, -0.25) is 4.79 Å². The minimum absolute atomic E-state index is 0.0627. The summed E-state index contributed by atoms with van der Waals surface area (Å²) in [6.07, 6.45) is 3.58. The number of nitrogens with zero attached hydrogens (tertiary/aromatic N) is 2. The molecule has 25 heavy (non-hydrogen) atoms. The smallest absolute Gasteiger partial charge is 0.226 e. The molecule has 2 heterocycles. The molecule has 0 atom stereocenters. The van der Waals surface area contributed by atoms with Crippen LogP contribution < -0.4 is 4.90 Å². The van der Waals surface area contributed by atoms with Gasteiger partial charge in [0, 0.05) is 18.2 Å². The van der Waals surface area contributed by atoms with Gasteiger partial charge in [-0.1, -0.05) is 24.3 Å². The Morgan fingerprint density at radius 2 is 1.88 bits per heavy atom. The summed E-state index contributed by atoms with van der Waals surface area (Å²) >= 11 is 0. The Bertz CT molecular complexity index is 943. The van der Waals surface area contributed by atoms with Crippen molar-refractivity contribution in [2.24, 2.45) is 0 Å². The van der Waals surface area contributed by atoms with E-state index >= 15 is 0 Å². The first-order valence-corrected chi connectivity index (χ1v) is 8.52. The Kier molecular flexibility index (Phi) is 3.88. The van der Waals surface area contributed by atoms with Crippen LogP contribution in [0.1, 0.15) is 29.4 Å². The zero-order chi connectivity index (χ0) is 17.4. The molecule has 126 valence electrons. The van der Waals surface area contributed by atoms with E-state index in [1.54, 1.807) is 13.1 Å². The number of aromatic nitrogens is 1. The Hall–Kier alpha value is -2.88. The van der Waals surface area contributed by atoms with E-state index in [4.69, 9.17) is 4.42 Å². The summed E-state index contributed by atoms with van der Waals surface area (Å²) in [5, 5.41) is 0. The van der Waals surface area contributed by atoms with Crippen molar-refractivity contribution in [3.63, 3.8) is 0 Å². The first-order valence-electron chi connectivity index (χ1n) is 8.52. The number of fused-ring (bicyclic) bond motifs is 2. The number of aryl methyl sites for hydroxylation is 3. The quantitative estimate of drug-likeness (QED) is 0.667. The van der Waals surface area contributed by atoms with Crippen LogP contribution in [0.2, 0.25) is 0 Å². The number of anilines is 1. The highest BCUT2D eigenvalue weighted by Gasteiger charge is 2.20. The monoisotopic (exact) mass is 332 g/mol. The molecule has 2 aromatic carbocycles. The third-order valence-electron chi connectivity index (χ3n) is 4.73. The van der Waals surface area contributed by atoms with Crippen molar-refractivity contribution in [1.29, 1.82) is 0 Å². The molecular weight excluding hydrogens is 312 g/mol. The average Bonchev–Trinajstić information content (AvgIpc) is 3.03. The van der Waals surface area contributed by atoms with Crippen LogP contribution in [0.15, 0.2) is 53.1 Å². The lowest BCUT2D eigenvalue weighted by Crippen LogP contribution is -2.30. The van der Waals surface area contributed by atoms with Crippen LogP contribution in [0.4, 0.5) is 5.69 Å². The van der Waals surface area contributed by atoms with Gasteiger partial charge in [0.15, 0.2) is 0 Å². The van der Waals surface area contributed by atoms with Crippen LogP contribution in [-0.4, -0.2) is 10.9 Å². The number of rotatable bonds is 1. The van der Waals surface area contributed by atoms with Crippen molar-refractivity contribution in [1.82, 2.24) is 4.98 Å². The van der Waals surface area contributed by atoms with Crippen LogP contribution in [0, 0.1) is 6.92 Å². The largest absolute Gasteiger partial charge is 0.441 e. The second kappa shape index (κ2) is 6.20. The zero-order valence-electron chi connectivity index (χ0n) is 14.5. The zero-order valence-corrected chi connectivity index (χ0v) is 14.5. The fourth-order valence-electron chi connectivity index (χ4n) is 3.43. The molecule has 0 saturated heterocycles. The molecule has 0 spiro atoms. The second-order valence-corrected chi connectivity index (χ2v) is 6.49. The number of benzene rings is 2. The fourth-order valence-corrected chi connectivity index (χ4v) is 3.43. The molecule has 4 nitrogen and oxygen atoms in total. The summed E-state index contributed by atoms with van der Waals surface area (Å²) in [5.74, 6) is 1.51. The molecule has 1 aliphatic heterocycles. The van der Waals surface area contributed by atoms with E-state index in [0.717, 1.165) is 29.9 Å². The van der Waals surface area contributed by atoms with Gasteiger partial charge in [-0.05, 0) is 54.7 Å². The van der Waals surface area contributed by atoms with E-state index in [-0.39, 0.29) is 5.91 Å². The lowest BCUT2D eigenvalue weighted by molar-refractivity contribution is -0.116. The van der Waals surface area contributed by atoms with Crippen molar-refractivity contribution in [3.8, 4) is 11.5 Å². The molecule has 0 radical (unpaired) electrons. The van der Waals surface area contributed by atoms with Crippen LogP contribution in [0.25, 0.3) is 11.5 Å². The maximum Gasteiger partial charge on any atom is 0.226 e. The van der Waals surface area contributed by atoms with Crippen LogP contribution in [0.3, 0.4) is 0 Å². The minimum atomic E-state index is 0.0627. The lowest BCUT2D eigenvalue weighted by atomic mass is 9.94. The van der Waals surface area contributed by atoms with Crippen molar-refractivity contribution in [3.05, 3.63) is 71.1 Å². The number of para-hydroxylation sites is 1. The maximum absolute atomic E-state index is 12.2. The molecule has 1 amide bonds. The van der Waals surface area contributed by atoms with Crippen molar-refractivity contribution in [2.45, 2.75) is 33.2 Å². The second-order valence-electron chi connectivity index (χ2n) is 6.49. The van der Waals surface area contributed by atoms with E-state index in [1.807, 2.05) is 36.1 Å². The molecule has 0 unspecified atom stereocenters. The predicted octanol–water partition coefficient (Wildman–Crippen LogP) is 4.30. The molecule has 4 heteroatoms. The van der Waals surface area contributed by atoms with E-state index < -0.39 is 0 Å². The van der Waals surface area contributed by atoms with E-state index in [1.165, 1.54) is 16.7 Å². The van der Waals surface area contributed by atoms with Crippen LogP contribution in [0.5, 0.6) is 0 Å². The van der Waals surface area contributed by atoms with Gasteiger partial charge in [0.25, 0.3) is 0 Å².